The fourth-order valence-electron chi connectivity index (χ4n) is 3.22. The molecule has 6 nitrogen and oxygen atoms in total. The third-order valence-corrected chi connectivity index (χ3v) is 5.80. The fraction of sp³-hybridized carbons (Fsp3) is 0.350. The Balaban J connectivity index is 1.53. The molecule has 2 aromatic heterocycles. The summed E-state index contributed by atoms with van der Waals surface area (Å²) in [4.78, 5) is 18.6. The molecular weight excluding hydrogens is 377 g/mol. The Morgan fingerprint density at radius 2 is 2.11 bits per heavy atom. The Morgan fingerprint density at radius 1 is 1.36 bits per heavy atom. The van der Waals surface area contributed by atoms with E-state index >= 15 is 0 Å². The van der Waals surface area contributed by atoms with Crippen LogP contribution >= 0.6 is 11.3 Å². The van der Waals surface area contributed by atoms with Gasteiger partial charge in [0.05, 0.1) is 11.9 Å². The van der Waals surface area contributed by atoms with Crippen LogP contribution in [0.15, 0.2) is 36.7 Å². The number of benzene rings is 1. The molecule has 146 valence electrons. The fourth-order valence-corrected chi connectivity index (χ4v) is 4.31. The monoisotopic (exact) mass is 399 g/mol. The maximum Gasteiger partial charge on any atom is 0.247 e. The van der Waals surface area contributed by atoms with Crippen molar-refractivity contribution in [1.29, 1.82) is 0 Å². The van der Waals surface area contributed by atoms with E-state index in [1.807, 2.05) is 13.2 Å². The first-order chi connectivity index (χ1) is 13.5. The predicted octanol–water partition coefficient (Wildman–Crippen LogP) is 3.38. The van der Waals surface area contributed by atoms with Gasteiger partial charge < -0.3 is 10.6 Å². The minimum Gasteiger partial charge on any atom is -0.305 e. The third kappa shape index (κ3) is 4.13. The van der Waals surface area contributed by atoms with E-state index in [0.29, 0.717) is 17.5 Å². The normalized spacial score (nSPS) is 14.8. The standard InChI is InChI=1S/C20H22FN5OS/c1-22-18(14-10-23-26(2)11-14)19(27)25-20-24-17(13-5-6-13)16(28-20)9-12-3-7-15(21)8-4-12/h3-4,7-8,10-11,13,18,22H,5-6,9H2,1-2H3,(H,24,25,27). The van der Waals surface area contributed by atoms with Gasteiger partial charge in [-0.05, 0) is 37.6 Å². The number of thiazole rings is 1. The minimum absolute atomic E-state index is 0.167. The number of nitrogens with one attached hydrogen (secondary N) is 2. The number of rotatable bonds is 7. The highest BCUT2D eigenvalue weighted by Crippen LogP contribution is 2.44. The molecule has 1 unspecified atom stereocenters. The summed E-state index contributed by atoms with van der Waals surface area (Å²) in [5.41, 5.74) is 2.90. The molecule has 1 amide bonds. The first-order valence-corrected chi connectivity index (χ1v) is 10.1. The highest BCUT2D eigenvalue weighted by atomic mass is 32.1. The van der Waals surface area contributed by atoms with E-state index < -0.39 is 6.04 Å². The van der Waals surface area contributed by atoms with Crippen LogP contribution in [-0.2, 0) is 18.3 Å². The van der Waals surface area contributed by atoms with Crippen molar-refractivity contribution in [3.05, 3.63) is 64.2 Å². The zero-order valence-corrected chi connectivity index (χ0v) is 16.6. The molecule has 1 saturated carbocycles. The lowest BCUT2D eigenvalue weighted by molar-refractivity contribution is -0.118. The van der Waals surface area contributed by atoms with E-state index in [4.69, 9.17) is 4.98 Å². The number of aromatic nitrogens is 3. The molecule has 1 atom stereocenters. The van der Waals surface area contributed by atoms with Gasteiger partial charge in [-0.15, -0.1) is 11.3 Å². The Hall–Kier alpha value is -2.58. The molecule has 8 heteroatoms. The molecule has 2 heterocycles. The Labute approximate surface area is 166 Å². The number of aryl methyl sites for hydroxylation is 1. The molecule has 0 bridgehead atoms. The van der Waals surface area contributed by atoms with Crippen molar-refractivity contribution in [2.45, 2.75) is 31.2 Å². The maximum atomic E-state index is 13.2. The summed E-state index contributed by atoms with van der Waals surface area (Å²) in [6.45, 7) is 0. The molecule has 2 N–H and O–H groups in total. The zero-order valence-electron chi connectivity index (χ0n) is 15.8. The van der Waals surface area contributed by atoms with Crippen molar-refractivity contribution in [3.63, 3.8) is 0 Å². The van der Waals surface area contributed by atoms with Crippen molar-refractivity contribution in [1.82, 2.24) is 20.1 Å². The molecule has 0 spiro atoms. The quantitative estimate of drug-likeness (QED) is 0.639. The summed E-state index contributed by atoms with van der Waals surface area (Å²) in [5.74, 6) is 0.0626. The number of anilines is 1. The number of halogens is 1. The first kappa shape index (κ1) is 18.8. The van der Waals surface area contributed by atoms with E-state index in [2.05, 4.69) is 15.7 Å². The number of carbonyl (C=O) groups excluding carboxylic acids is 1. The van der Waals surface area contributed by atoms with Gasteiger partial charge >= 0.3 is 0 Å². The van der Waals surface area contributed by atoms with Gasteiger partial charge in [0, 0.05) is 36.0 Å². The van der Waals surface area contributed by atoms with Crippen LogP contribution in [0.25, 0.3) is 0 Å². The molecule has 3 aromatic rings. The Bertz CT molecular complexity index is 977. The second-order valence-electron chi connectivity index (χ2n) is 7.06. The molecule has 0 aliphatic heterocycles. The Kier molecular flexibility index (Phi) is 5.23. The average molecular weight is 399 g/mol. The van der Waals surface area contributed by atoms with Crippen LogP contribution in [-0.4, -0.2) is 27.7 Å². The highest BCUT2D eigenvalue weighted by molar-refractivity contribution is 7.15. The number of carbonyl (C=O) groups is 1. The van der Waals surface area contributed by atoms with Crippen molar-refractivity contribution >= 4 is 22.4 Å². The van der Waals surface area contributed by atoms with Crippen LogP contribution in [0.2, 0.25) is 0 Å². The second-order valence-corrected chi connectivity index (χ2v) is 8.15. The van der Waals surface area contributed by atoms with Gasteiger partial charge in [-0.2, -0.15) is 5.10 Å². The van der Waals surface area contributed by atoms with Crippen molar-refractivity contribution in [2.75, 3.05) is 12.4 Å². The number of likely N-dealkylation sites (N-methyl/N-ethyl adjacent to an activating group) is 1. The third-order valence-electron chi connectivity index (χ3n) is 4.81. The lowest BCUT2D eigenvalue weighted by Gasteiger charge is -2.12. The van der Waals surface area contributed by atoms with Crippen molar-refractivity contribution in [3.8, 4) is 0 Å². The predicted molar refractivity (Wildman–Crippen MR) is 107 cm³/mol. The van der Waals surface area contributed by atoms with Crippen LogP contribution in [0.3, 0.4) is 0 Å². The van der Waals surface area contributed by atoms with E-state index in [9.17, 15) is 9.18 Å². The van der Waals surface area contributed by atoms with Crippen LogP contribution < -0.4 is 10.6 Å². The molecule has 1 aliphatic rings. The molecule has 28 heavy (non-hydrogen) atoms. The molecule has 0 saturated heterocycles. The highest BCUT2D eigenvalue weighted by Gasteiger charge is 2.30. The van der Waals surface area contributed by atoms with E-state index in [1.165, 1.54) is 23.5 Å². The Morgan fingerprint density at radius 3 is 2.71 bits per heavy atom. The van der Waals surface area contributed by atoms with Gasteiger partial charge in [0.15, 0.2) is 5.13 Å². The number of hydrogen-bond acceptors (Lipinski definition) is 5. The van der Waals surface area contributed by atoms with Crippen LogP contribution in [0.1, 0.15) is 46.5 Å². The summed E-state index contributed by atoms with van der Waals surface area (Å²) in [6.07, 6.45) is 6.44. The molecule has 1 aliphatic carbocycles. The van der Waals surface area contributed by atoms with Gasteiger partial charge in [0.2, 0.25) is 5.91 Å². The summed E-state index contributed by atoms with van der Waals surface area (Å²) < 4.78 is 14.8. The van der Waals surface area contributed by atoms with Gasteiger partial charge in [0.25, 0.3) is 0 Å². The number of hydrogen-bond donors (Lipinski definition) is 2. The average Bonchev–Trinajstić information content (AvgIpc) is 3.32. The lowest BCUT2D eigenvalue weighted by Crippen LogP contribution is -2.30. The zero-order chi connectivity index (χ0) is 19.7. The summed E-state index contributed by atoms with van der Waals surface area (Å²) in [6, 6.07) is 6.04. The van der Waals surface area contributed by atoms with E-state index in [0.717, 1.165) is 34.5 Å². The molecular formula is C20H22FN5OS. The minimum atomic E-state index is -0.498. The summed E-state index contributed by atoms with van der Waals surface area (Å²) in [7, 11) is 3.56. The molecule has 1 fully saturated rings. The van der Waals surface area contributed by atoms with E-state index in [-0.39, 0.29) is 11.7 Å². The van der Waals surface area contributed by atoms with Crippen LogP contribution in [0.4, 0.5) is 9.52 Å². The SMILES string of the molecule is CNC(C(=O)Nc1nc(C2CC2)c(Cc2ccc(F)cc2)s1)c1cnn(C)c1. The van der Waals surface area contributed by atoms with Crippen LogP contribution in [0, 0.1) is 5.82 Å². The van der Waals surface area contributed by atoms with Crippen molar-refractivity contribution < 1.29 is 9.18 Å². The lowest BCUT2D eigenvalue weighted by atomic mass is 10.1. The number of amides is 1. The van der Waals surface area contributed by atoms with Crippen LogP contribution in [0.5, 0.6) is 0 Å². The largest absolute Gasteiger partial charge is 0.305 e. The van der Waals surface area contributed by atoms with Crippen molar-refractivity contribution in [2.24, 2.45) is 7.05 Å². The van der Waals surface area contributed by atoms with E-state index in [1.54, 1.807) is 30.1 Å². The van der Waals surface area contributed by atoms with Gasteiger partial charge in [0.1, 0.15) is 11.9 Å². The smallest absolute Gasteiger partial charge is 0.247 e. The first-order valence-electron chi connectivity index (χ1n) is 9.24. The summed E-state index contributed by atoms with van der Waals surface area (Å²) >= 11 is 1.50. The maximum absolute atomic E-state index is 13.2. The van der Waals surface area contributed by atoms with Gasteiger partial charge in [-0.3, -0.25) is 9.48 Å². The van der Waals surface area contributed by atoms with Gasteiger partial charge in [-0.1, -0.05) is 12.1 Å². The number of nitrogens with zero attached hydrogens (tertiary/aromatic N) is 3. The topological polar surface area (TPSA) is 71.8 Å². The second kappa shape index (κ2) is 7.81. The summed E-state index contributed by atoms with van der Waals surface area (Å²) in [5, 5.41) is 10.7. The molecule has 4 rings (SSSR count). The molecule has 1 aromatic carbocycles. The van der Waals surface area contributed by atoms with Gasteiger partial charge in [-0.25, -0.2) is 9.37 Å². The molecule has 0 radical (unpaired) electrons.